The van der Waals surface area contributed by atoms with Gasteiger partial charge in [-0.05, 0) is 38.0 Å². The van der Waals surface area contributed by atoms with Gasteiger partial charge in [0.1, 0.15) is 5.76 Å². The molecule has 1 fully saturated rings. The molecule has 0 saturated carbocycles. The van der Waals surface area contributed by atoms with Crippen molar-refractivity contribution in [3.05, 3.63) is 30.2 Å². The summed E-state index contributed by atoms with van der Waals surface area (Å²) in [5.41, 5.74) is 0. The highest BCUT2D eigenvalue weighted by Crippen LogP contribution is 2.19. The van der Waals surface area contributed by atoms with Crippen molar-refractivity contribution in [3.63, 3.8) is 0 Å². The number of piperidine rings is 1. The molecule has 5 nitrogen and oxygen atoms in total. The SMILES string of the molecule is CCOC(=O)C1CCN(C(=O)/C=C/c2ccco2)CC1. The number of esters is 1. The van der Waals surface area contributed by atoms with Crippen LogP contribution in [0.15, 0.2) is 28.9 Å². The molecule has 0 bridgehead atoms. The van der Waals surface area contributed by atoms with E-state index in [9.17, 15) is 9.59 Å². The zero-order valence-electron chi connectivity index (χ0n) is 11.6. The van der Waals surface area contributed by atoms with Gasteiger partial charge in [0.25, 0.3) is 0 Å². The minimum atomic E-state index is -0.147. The molecule has 0 unspecified atom stereocenters. The van der Waals surface area contributed by atoms with E-state index in [0.29, 0.717) is 38.3 Å². The number of carbonyl (C=O) groups excluding carboxylic acids is 2. The summed E-state index contributed by atoms with van der Waals surface area (Å²) in [4.78, 5) is 25.3. The maximum absolute atomic E-state index is 12.0. The third kappa shape index (κ3) is 3.73. The van der Waals surface area contributed by atoms with Crippen molar-refractivity contribution in [1.29, 1.82) is 0 Å². The van der Waals surface area contributed by atoms with Gasteiger partial charge in [-0.2, -0.15) is 0 Å². The van der Waals surface area contributed by atoms with E-state index in [2.05, 4.69) is 0 Å². The van der Waals surface area contributed by atoms with Gasteiger partial charge in [-0.3, -0.25) is 9.59 Å². The van der Waals surface area contributed by atoms with Crippen LogP contribution >= 0.6 is 0 Å². The van der Waals surface area contributed by atoms with Crippen molar-refractivity contribution in [1.82, 2.24) is 4.90 Å². The van der Waals surface area contributed by atoms with Crippen LogP contribution in [0.2, 0.25) is 0 Å². The average Bonchev–Trinajstić information content (AvgIpc) is 2.98. The summed E-state index contributed by atoms with van der Waals surface area (Å²) in [6.07, 6.45) is 6.05. The molecule has 0 aliphatic carbocycles. The van der Waals surface area contributed by atoms with Crippen LogP contribution < -0.4 is 0 Å². The fourth-order valence-corrected chi connectivity index (χ4v) is 2.24. The van der Waals surface area contributed by atoms with E-state index in [1.54, 1.807) is 36.3 Å². The van der Waals surface area contributed by atoms with Gasteiger partial charge in [0.15, 0.2) is 0 Å². The summed E-state index contributed by atoms with van der Waals surface area (Å²) in [5, 5.41) is 0. The Hall–Kier alpha value is -2.04. The molecule has 1 amide bonds. The molecule has 1 saturated heterocycles. The molecule has 0 radical (unpaired) electrons. The Kier molecular flexibility index (Phi) is 4.98. The van der Waals surface area contributed by atoms with Crippen molar-refractivity contribution in [2.45, 2.75) is 19.8 Å². The molecule has 0 aromatic carbocycles. The fraction of sp³-hybridized carbons (Fsp3) is 0.467. The van der Waals surface area contributed by atoms with E-state index in [4.69, 9.17) is 9.15 Å². The van der Waals surface area contributed by atoms with Gasteiger partial charge in [-0.25, -0.2) is 0 Å². The lowest BCUT2D eigenvalue weighted by molar-refractivity contribution is -0.150. The number of likely N-dealkylation sites (tertiary alicyclic amines) is 1. The number of hydrogen-bond donors (Lipinski definition) is 0. The van der Waals surface area contributed by atoms with Crippen molar-refractivity contribution < 1.29 is 18.7 Å². The van der Waals surface area contributed by atoms with Gasteiger partial charge < -0.3 is 14.1 Å². The molecule has 1 aliphatic heterocycles. The molecular weight excluding hydrogens is 258 g/mol. The lowest BCUT2D eigenvalue weighted by Crippen LogP contribution is -2.39. The predicted molar refractivity (Wildman–Crippen MR) is 73.7 cm³/mol. The molecule has 108 valence electrons. The molecule has 2 rings (SSSR count). The first-order valence-corrected chi connectivity index (χ1v) is 6.88. The van der Waals surface area contributed by atoms with Gasteiger partial charge in [0, 0.05) is 19.2 Å². The molecule has 1 aromatic heterocycles. The second kappa shape index (κ2) is 6.93. The highest BCUT2D eigenvalue weighted by Gasteiger charge is 2.27. The molecule has 2 heterocycles. The van der Waals surface area contributed by atoms with E-state index in [1.165, 1.54) is 6.08 Å². The number of nitrogens with zero attached hydrogens (tertiary/aromatic N) is 1. The Morgan fingerprint density at radius 3 is 2.80 bits per heavy atom. The lowest BCUT2D eigenvalue weighted by atomic mass is 9.97. The van der Waals surface area contributed by atoms with Gasteiger partial charge >= 0.3 is 5.97 Å². The van der Waals surface area contributed by atoms with Crippen LogP contribution in [0.5, 0.6) is 0 Å². The standard InChI is InChI=1S/C15H19NO4/c1-2-19-15(18)12-7-9-16(10-8-12)14(17)6-5-13-4-3-11-20-13/h3-6,11-12H,2,7-10H2,1H3/b6-5+. The maximum Gasteiger partial charge on any atom is 0.309 e. The van der Waals surface area contributed by atoms with Crippen molar-refractivity contribution in [2.75, 3.05) is 19.7 Å². The van der Waals surface area contributed by atoms with Crippen LogP contribution in [0.4, 0.5) is 0 Å². The minimum Gasteiger partial charge on any atom is -0.466 e. The van der Waals surface area contributed by atoms with Crippen LogP contribution in [-0.2, 0) is 14.3 Å². The zero-order chi connectivity index (χ0) is 14.4. The highest BCUT2D eigenvalue weighted by atomic mass is 16.5. The summed E-state index contributed by atoms with van der Waals surface area (Å²) >= 11 is 0. The van der Waals surface area contributed by atoms with Gasteiger partial charge in [0.2, 0.25) is 5.91 Å². The van der Waals surface area contributed by atoms with Gasteiger partial charge in [-0.15, -0.1) is 0 Å². The molecule has 0 spiro atoms. The van der Waals surface area contributed by atoms with Crippen molar-refractivity contribution in [2.24, 2.45) is 5.92 Å². The molecule has 0 N–H and O–H groups in total. The minimum absolute atomic E-state index is 0.0521. The number of amides is 1. The highest BCUT2D eigenvalue weighted by molar-refractivity contribution is 5.91. The molecule has 20 heavy (non-hydrogen) atoms. The predicted octanol–water partition coefficient (Wildman–Crippen LogP) is 2.09. The fourth-order valence-electron chi connectivity index (χ4n) is 2.24. The Morgan fingerprint density at radius 1 is 1.45 bits per heavy atom. The Morgan fingerprint density at radius 2 is 2.20 bits per heavy atom. The number of carbonyl (C=O) groups is 2. The monoisotopic (exact) mass is 277 g/mol. The molecule has 1 aliphatic rings. The first kappa shape index (κ1) is 14.4. The zero-order valence-corrected chi connectivity index (χ0v) is 11.6. The molecule has 5 heteroatoms. The van der Waals surface area contributed by atoms with E-state index in [0.717, 1.165) is 0 Å². The third-order valence-corrected chi connectivity index (χ3v) is 3.36. The van der Waals surface area contributed by atoms with Crippen LogP contribution in [0.1, 0.15) is 25.5 Å². The van der Waals surface area contributed by atoms with Gasteiger partial charge in [-0.1, -0.05) is 0 Å². The van der Waals surface area contributed by atoms with Crippen LogP contribution in [0, 0.1) is 5.92 Å². The Bertz CT molecular complexity index is 470. The van der Waals surface area contributed by atoms with E-state index in [-0.39, 0.29) is 17.8 Å². The summed E-state index contributed by atoms with van der Waals surface area (Å²) in [7, 11) is 0. The Labute approximate surface area is 118 Å². The topological polar surface area (TPSA) is 59.8 Å². The van der Waals surface area contributed by atoms with E-state index >= 15 is 0 Å². The summed E-state index contributed by atoms with van der Waals surface area (Å²) in [6, 6.07) is 3.56. The van der Waals surface area contributed by atoms with Crippen molar-refractivity contribution >= 4 is 18.0 Å². The number of furan rings is 1. The normalized spacial score (nSPS) is 16.6. The number of rotatable bonds is 4. The van der Waals surface area contributed by atoms with E-state index in [1.807, 2.05) is 0 Å². The Balaban J connectivity index is 1.81. The molecular formula is C15H19NO4. The molecule has 0 atom stereocenters. The molecule has 1 aromatic rings. The number of ether oxygens (including phenoxy) is 1. The summed E-state index contributed by atoms with van der Waals surface area (Å²) < 4.78 is 10.1. The second-order valence-corrected chi connectivity index (χ2v) is 4.70. The van der Waals surface area contributed by atoms with Crippen LogP contribution in [0.25, 0.3) is 6.08 Å². The largest absolute Gasteiger partial charge is 0.466 e. The second-order valence-electron chi connectivity index (χ2n) is 4.70. The number of hydrogen-bond acceptors (Lipinski definition) is 4. The van der Waals surface area contributed by atoms with E-state index < -0.39 is 0 Å². The van der Waals surface area contributed by atoms with Crippen molar-refractivity contribution in [3.8, 4) is 0 Å². The van der Waals surface area contributed by atoms with Crippen LogP contribution in [-0.4, -0.2) is 36.5 Å². The lowest BCUT2D eigenvalue weighted by Gasteiger charge is -2.30. The average molecular weight is 277 g/mol. The van der Waals surface area contributed by atoms with Gasteiger partial charge in [0.05, 0.1) is 18.8 Å². The summed E-state index contributed by atoms with van der Waals surface area (Å²) in [6.45, 7) is 3.38. The smallest absolute Gasteiger partial charge is 0.309 e. The first-order chi connectivity index (χ1) is 9.70. The first-order valence-electron chi connectivity index (χ1n) is 6.88. The van der Waals surface area contributed by atoms with Crippen LogP contribution in [0.3, 0.4) is 0 Å². The summed E-state index contributed by atoms with van der Waals surface area (Å²) in [5.74, 6) is 0.377. The quantitative estimate of drug-likeness (QED) is 0.624. The maximum atomic E-state index is 12.0. The third-order valence-electron chi connectivity index (χ3n) is 3.36.